The molecular formula is C18H22N4O2. The highest BCUT2D eigenvalue weighted by Crippen LogP contribution is 2.32. The van der Waals surface area contributed by atoms with Gasteiger partial charge in [0.25, 0.3) is 0 Å². The first kappa shape index (κ1) is 16.5. The average molecular weight is 326 g/mol. The van der Waals surface area contributed by atoms with E-state index < -0.39 is 12.0 Å². The molecule has 2 N–H and O–H groups in total. The van der Waals surface area contributed by atoms with Crippen molar-refractivity contribution in [3.63, 3.8) is 0 Å². The number of nitrogens with zero attached hydrogens (tertiary/aromatic N) is 3. The van der Waals surface area contributed by atoms with E-state index in [4.69, 9.17) is 5.26 Å². The summed E-state index contributed by atoms with van der Waals surface area (Å²) in [6.07, 6.45) is 0.518. The third-order valence-corrected chi connectivity index (χ3v) is 4.76. The molecule has 6 heteroatoms. The van der Waals surface area contributed by atoms with Gasteiger partial charge in [0, 0.05) is 61.3 Å². The number of benzene rings is 1. The molecule has 0 radical (unpaired) electrons. The molecule has 1 aromatic heterocycles. The lowest BCUT2D eigenvalue weighted by molar-refractivity contribution is -0.144. The van der Waals surface area contributed by atoms with Crippen LogP contribution in [-0.4, -0.2) is 58.6 Å². The summed E-state index contributed by atoms with van der Waals surface area (Å²) in [5, 5.41) is 19.6. The van der Waals surface area contributed by atoms with E-state index >= 15 is 0 Å². The van der Waals surface area contributed by atoms with E-state index in [0.29, 0.717) is 19.5 Å². The van der Waals surface area contributed by atoms with Crippen molar-refractivity contribution < 1.29 is 9.90 Å². The first-order valence-corrected chi connectivity index (χ1v) is 8.25. The normalized spacial score (nSPS) is 17.7. The Balaban J connectivity index is 1.85. The van der Waals surface area contributed by atoms with Gasteiger partial charge >= 0.3 is 5.97 Å². The van der Waals surface area contributed by atoms with Crippen LogP contribution in [0.1, 0.15) is 23.7 Å². The Labute approximate surface area is 141 Å². The smallest absolute Gasteiger partial charge is 0.325 e. The Kier molecular flexibility index (Phi) is 4.84. The first-order valence-electron chi connectivity index (χ1n) is 8.25. The number of aromatic amines is 1. The van der Waals surface area contributed by atoms with Gasteiger partial charge in [-0.25, -0.2) is 0 Å². The van der Waals surface area contributed by atoms with Crippen molar-refractivity contribution >= 4 is 16.9 Å². The second-order valence-electron chi connectivity index (χ2n) is 6.24. The summed E-state index contributed by atoms with van der Waals surface area (Å²) in [5.74, 6) is -0.812. The quantitative estimate of drug-likeness (QED) is 0.879. The van der Waals surface area contributed by atoms with E-state index in [-0.39, 0.29) is 0 Å². The van der Waals surface area contributed by atoms with Crippen molar-refractivity contribution in [2.45, 2.75) is 19.4 Å². The van der Waals surface area contributed by atoms with Crippen LogP contribution < -0.4 is 0 Å². The number of aromatic nitrogens is 1. The van der Waals surface area contributed by atoms with Crippen LogP contribution in [0.25, 0.3) is 10.9 Å². The van der Waals surface area contributed by atoms with Gasteiger partial charge in [-0.15, -0.1) is 0 Å². The summed E-state index contributed by atoms with van der Waals surface area (Å²) in [6, 6.07) is 9.37. The number of aliphatic carboxylic acids is 1. The predicted octanol–water partition coefficient (Wildman–Crippen LogP) is 2.13. The van der Waals surface area contributed by atoms with Crippen molar-refractivity contribution in [3.8, 4) is 6.07 Å². The molecule has 126 valence electrons. The van der Waals surface area contributed by atoms with Crippen LogP contribution in [0.5, 0.6) is 0 Å². The minimum atomic E-state index is -0.812. The highest BCUT2D eigenvalue weighted by Gasteiger charge is 2.33. The maximum absolute atomic E-state index is 12.0. The van der Waals surface area contributed by atoms with Crippen LogP contribution in [0.15, 0.2) is 24.3 Å². The average Bonchev–Trinajstić information content (AvgIpc) is 2.90. The molecule has 0 bridgehead atoms. The van der Waals surface area contributed by atoms with Crippen molar-refractivity contribution in [1.82, 2.24) is 14.8 Å². The summed E-state index contributed by atoms with van der Waals surface area (Å²) in [6.45, 7) is 5.69. The number of nitrogens with one attached hydrogen (secondary N) is 1. The predicted molar refractivity (Wildman–Crippen MR) is 91.7 cm³/mol. The second-order valence-corrected chi connectivity index (χ2v) is 6.24. The minimum absolute atomic E-state index is 0.518. The van der Waals surface area contributed by atoms with Crippen LogP contribution >= 0.6 is 0 Å². The molecule has 1 aromatic carbocycles. The summed E-state index contributed by atoms with van der Waals surface area (Å²) in [5.41, 5.74) is 2.75. The zero-order valence-electron chi connectivity index (χ0n) is 13.8. The number of carbonyl (C=O) groups is 1. The van der Waals surface area contributed by atoms with Crippen LogP contribution in [-0.2, 0) is 4.79 Å². The molecular weight excluding hydrogens is 304 g/mol. The van der Waals surface area contributed by atoms with E-state index in [2.05, 4.69) is 16.0 Å². The van der Waals surface area contributed by atoms with Gasteiger partial charge in [-0.2, -0.15) is 5.26 Å². The van der Waals surface area contributed by atoms with Crippen molar-refractivity contribution in [2.24, 2.45) is 0 Å². The number of hydrogen-bond donors (Lipinski definition) is 2. The highest BCUT2D eigenvalue weighted by atomic mass is 16.4. The van der Waals surface area contributed by atoms with E-state index in [9.17, 15) is 9.90 Å². The van der Waals surface area contributed by atoms with Gasteiger partial charge in [0.15, 0.2) is 0 Å². The zero-order valence-corrected chi connectivity index (χ0v) is 13.8. The third-order valence-electron chi connectivity index (χ3n) is 4.76. The van der Waals surface area contributed by atoms with Gasteiger partial charge < -0.3 is 10.1 Å². The Bertz CT molecular complexity index is 769. The molecule has 24 heavy (non-hydrogen) atoms. The van der Waals surface area contributed by atoms with Crippen LogP contribution in [0.2, 0.25) is 0 Å². The number of fused-ring (bicyclic) bond motifs is 1. The molecule has 2 heterocycles. The topological polar surface area (TPSA) is 83.4 Å². The Morgan fingerprint density at radius 3 is 2.71 bits per heavy atom. The number of H-pyrrole nitrogens is 1. The minimum Gasteiger partial charge on any atom is -0.480 e. The standard InChI is InChI=1S/C18H22N4O2/c1-13-16(14-5-2-3-6-15(14)20-13)17(18(23)24)22-11-9-21(10-12-22)8-4-7-19/h2-3,5-6,17,20H,4,8-12H2,1H3,(H,23,24)/t17-/m1/s1. The highest BCUT2D eigenvalue weighted by molar-refractivity contribution is 5.90. The first-order chi connectivity index (χ1) is 11.6. The lowest BCUT2D eigenvalue weighted by Gasteiger charge is -2.37. The zero-order chi connectivity index (χ0) is 17.1. The largest absolute Gasteiger partial charge is 0.480 e. The number of para-hydroxylation sites is 1. The molecule has 1 saturated heterocycles. The maximum Gasteiger partial charge on any atom is 0.325 e. The van der Waals surface area contributed by atoms with E-state index in [1.807, 2.05) is 36.1 Å². The number of rotatable bonds is 5. The lowest BCUT2D eigenvalue weighted by atomic mass is 10.0. The van der Waals surface area contributed by atoms with Gasteiger partial charge in [-0.1, -0.05) is 18.2 Å². The molecule has 1 aliphatic rings. The summed E-state index contributed by atoms with van der Waals surface area (Å²) in [4.78, 5) is 19.6. The molecule has 0 spiro atoms. The molecule has 1 fully saturated rings. The Morgan fingerprint density at radius 2 is 2.04 bits per heavy atom. The van der Waals surface area contributed by atoms with Crippen molar-refractivity contribution in [3.05, 3.63) is 35.5 Å². The fourth-order valence-electron chi connectivity index (χ4n) is 3.57. The summed E-state index contributed by atoms with van der Waals surface area (Å²) in [7, 11) is 0. The molecule has 1 atom stereocenters. The van der Waals surface area contributed by atoms with Gasteiger partial charge in [-0.05, 0) is 13.0 Å². The number of hydrogen-bond acceptors (Lipinski definition) is 4. The SMILES string of the molecule is Cc1[nH]c2ccccc2c1[C@H](C(=O)O)N1CCN(CCC#N)CC1. The molecule has 0 aliphatic carbocycles. The maximum atomic E-state index is 12.0. The molecule has 1 aliphatic heterocycles. The summed E-state index contributed by atoms with van der Waals surface area (Å²) >= 11 is 0. The number of piperazine rings is 1. The third kappa shape index (κ3) is 3.14. The lowest BCUT2D eigenvalue weighted by Crippen LogP contribution is -2.49. The van der Waals surface area contributed by atoms with Gasteiger partial charge in [0.05, 0.1) is 6.07 Å². The number of nitriles is 1. The van der Waals surface area contributed by atoms with Gasteiger partial charge in [-0.3, -0.25) is 14.6 Å². The molecule has 0 unspecified atom stereocenters. The van der Waals surface area contributed by atoms with E-state index in [1.54, 1.807) is 0 Å². The summed E-state index contributed by atoms with van der Waals surface area (Å²) < 4.78 is 0. The van der Waals surface area contributed by atoms with E-state index in [1.165, 1.54) is 0 Å². The second kappa shape index (κ2) is 7.04. The van der Waals surface area contributed by atoms with Gasteiger partial charge in [0.1, 0.15) is 6.04 Å². The fourth-order valence-corrected chi connectivity index (χ4v) is 3.57. The van der Waals surface area contributed by atoms with Crippen LogP contribution in [0.4, 0.5) is 0 Å². The number of carboxylic acids is 1. The number of carboxylic acid groups (broad SMARTS) is 1. The molecule has 0 amide bonds. The molecule has 0 saturated carbocycles. The molecule has 3 rings (SSSR count). The monoisotopic (exact) mass is 326 g/mol. The number of aryl methyl sites for hydroxylation is 1. The fraction of sp³-hybridized carbons (Fsp3) is 0.444. The van der Waals surface area contributed by atoms with Crippen molar-refractivity contribution in [2.75, 3.05) is 32.7 Å². The van der Waals surface area contributed by atoms with Crippen LogP contribution in [0, 0.1) is 18.3 Å². The Hall–Kier alpha value is -2.36. The van der Waals surface area contributed by atoms with E-state index in [0.717, 1.165) is 41.8 Å². The Morgan fingerprint density at radius 1 is 1.33 bits per heavy atom. The van der Waals surface area contributed by atoms with Crippen LogP contribution in [0.3, 0.4) is 0 Å². The van der Waals surface area contributed by atoms with Gasteiger partial charge in [0.2, 0.25) is 0 Å². The van der Waals surface area contributed by atoms with Crippen molar-refractivity contribution in [1.29, 1.82) is 5.26 Å². The molecule has 6 nitrogen and oxygen atoms in total. The molecule has 2 aromatic rings.